The topological polar surface area (TPSA) is 4.44 Å². The van der Waals surface area contributed by atoms with E-state index in [0.29, 0.717) is 0 Å². The van der Waals surface area contributed by atoms with Gasteiger partial charge in [-0.3, -0.25) is 0 Å². The SMILES string of the molecule is C=CC[NH+](C)CCCC. The molecule has 54 valence electrons. The molecule has 0 spiro atoms. The van der Waals surface area contributed by atoms with Crippen molar-refractivity contribution in [3.63, 3.8) is 0 Å². The second kappa shape index (κ2) is 5.83. The zero-order chi connectivity index (χ0) is 7.11. The van der Waals surface area contributed by atoms with Crippen LogP contribution in [0.3, 0.4) is 0 Å². The number of hydrogen-bond acceptors (Lipinski definition) is 0. The molecule has 0 aromatic carbocycles. The first kappa shape index (κ1) is 8.70. The van der Waals surface area contributed by atoms with Crippen molar-refractivity contribution in [3.8, 4) is 0 Å². The van der Waals surface area contributed by atoms with Crippen LogP contribution in [0.2, 0.25) is 0 Å². The minimum absolute atomic E-state index is 1.10. The summed E-state index contributed by atoms with van der Waals surface area (Å²) in [6.07, 6.45) is 4.61. The number of likely N-dealkylation sites (N-methyl/N-ethyl adjacent to an activating group) is 1. The molecule has 0 aliphatic heterocycles. The molecule has 0 saturated heterocycles. The van der Waals surface area contributed by atoms with Gasteiger partial charge in [-0.1, -0.05) is 19.9 Å². The van der Waals surface area contributed by atoms with E-state index in [1.807, 2.05) is 6.08 Å². The van der Waals surface area contributed by atoms with E-state index in [-0.39, 0.29) is 0 Å². The lowest BCUT2D eigenvalue weighted by atomic mass is 10.3. The summed E-state index contributed by atoms with van der Waals surface area (Å²) in [6.45, 7) is 8.29. The minimum atomic E-state index is 1.10. The van der Waals surface area contributed by atoms with Crippen LogP contribution in [0.5, 0.6) is 0 Å². The smallest absolute Gasteiger partial charge is 0.0953 e. The molecule has 0 aromatic rings. The minimum Gasteiger partial charge on any atom is -0.334 e. The third-order valence-corrected chi connectivity index (χ3v) is 1.45. The Morgan fingerprint density at radius 3 is 2.67 bits per heavy atom. The van der Waals surface area contributed by atoms with Gasteiger partial charge in [0.15, 0.2) is 0 Å². The molecule has 0 saturated carbocycles. The molecule has 1 atom stereocenters. The van der Waals surface area contributed by atoms with Gasteiger partial charge in [0.1, 0.15) is 0 Å². The molecule has 0 aliphatic carbocycles. The quantitative estimate of drug-likeness (QED) is 0.514. The van der Waals surface area contributed by atoms with Crippen molar-refractivity contribution in [1.82, 2.24) is 0 Å². The third-order valence-electron chi connectivity index (χ3n) is 1.45. The van der Waals surface area contributed by atoms with Crippen molar-refractivity contribution in [2.45, 2.75) is 19.8 Å². The highest BCUT2D eigenvalue weighted by Gasteiger charge is 1.94. The average Bonchev–Trinajstić information content (AvgIpc) is 1.85. The van der Waals surface area contributed by atoms with Crippen molar-refractivity contribution >= 4 is 0 Å². The van der Waals surface area contributed by atoms with Gasteiger partial charge in [-0.05, 0) is 12.5 Å². The Kier molecular flexibility index (Phi) is 5.64. The lowest BCUT2D eigenvalue weighted by Crippen LogP contribution is -3.08. The van der Waals surface area contributed by atoms with Gasteiger partial charge in [0.2, 0.25) is 0 Å². The molecule has 0 aromatic heterocycles. The fraction of sp³-hybridized carbons (Fsp3) is 0.750. The van der Waals surface area contributed by atoms with Gasteiger partial charge in [0.25, 0.3) is 0 Å². The Bertz CT molecular complexity index is 69.0. The number of quaternary nitrogens is 1. The molecule has 0 aliphatic rings. The zero-order valence-electron chi connectivity index (χ0n) is 6.61. The predicted molar refractivity (Wildman–Crippen MR) is 41.7 cm³/mol. The lowest BCUT2D eigenvalue weighted by Gasteiger charge is -2.09. The number of unbranched alkanes of at least 4 members (excludes halogenated alkanes) is 1. The first-order valence-corrected chi connectivity index (χ1v) is 3.73. The van der Waals surface area contributed by atoms with Gasteiger partial charge in [0.05, 0.1) is 20.1 Å². The molecule has 0 bridgehead atoms. The Labute approximate surface area is 58.4 Å². The predicted octanol–water partition coefficient (Wildman–Crippen LogP) is 0.487. The maximum atomic E-state index is 3.69. The van der Waals surface area contributed by atoms with E-state index < -0.39 is 0 Å². The molecule has 1 N–H and O–H groups in total. The molecule has 0 amide bonds. The summed E-state index contributed by atoms with van der Waals surface area (Å²) in [6, 6.07) is 0. The lowest BCUT2D eigenvalue weighted by molar-refractivity contribution is -0.873. The van der Waals surface area contributed by atoms with Crippen LogP contribution in [0.4, 0.5) is 0 Å². The highest BCUT2D eigenvalue weighted by Crippen LogP contribution is 1.78. The summed E-state index contributed by atoms with van der Waals surface area (Å²) in [5.41, 5.74) is 0. The summed E-state index contributed by atoms with van der Waals surface area (Å²) in [7, 11) is 2.21. The average molecular weight is 128 g/mol. The van der Waals surface area contributed by atoms with Gasteiger partial charge in [-0.15, -0.1) is 0 Å². The largest absolute Gasteiger partial charge is 0.334 e. The van der Waals surface area contributed by atoms with Crippen molar-refractivity contribution in [2.75, 3.05) is 20.1 Å². The van der Waals surface area contributed by atoms with Crippen LogP contribution in [0.15, 0.2) is 12.7 Å². The number of hydrogen-bond donors (Lipinski definition) is 1. The van der Waals surface area contributed by atoms with Crippen LogP contribution in [0, 0.1) is 0 Å². The van der Waals surface area contributed by atoms with Gasteiger partial charge in [-0.2, -0.15) is 0 Å². The monoisotopic (exact) mass is 128 g/mol. The van der Waals surface area contributed by atoms with Crippen LogP contribution >= 0.6 is 0 Å². The maximum Gasteiger partial charge on any atom is 0.0953 e. The molecule has 0 fully saturated rings. The fourth-order valence-corrected chi connectivity index (χ4v) is 0.827. The molecule has 1 unspecified atom stereocenters. The summed E-state index contributed by atoms with van der Waals surface area (Å²) in [5, 5.41) is 0. The number of nitrogens with one attached hydrogen (secondary N) is 1. The third kappa shape index (κ3) is 5.57. The summed E-state index contributed by atoms with van der Waals surface area (Å²) < 4.78 is 0. The molecule has 0 rings (SSSR count). The van der Waals surface area contributed by atoms with Crippen LogP contribution in [-0.2, 0) is 0 Å². The van der Waals surface area contributed by atoms with E-state index in [4.69, 9.17) is 0 Å². The van der Waals surface area contributed by atoms with E-state index in [0.717, 1.165) is 6.54 Å². The Balaban J connectivity index is 3.04. The van der Waals surface area contributed by atoms with Crippen molar-refractivity contribution < 1.29 is 4.90 Å². The summed E-state index contributed by atoms with van der Waals surface area (Å²) in [4.78, 5) is 1.56. The van der Waals surface area contributed by atoms with Gasteiger partial charge in [0, 0.05) is 0 Å². The van der Waals surface area contributed by atoms with Gasteiger partial charge in [-0.25, -0.2) is 0 Å². The van der Waals surface area contributed by atoms with E-state index >= 15 is 0 Å². The van der Waals surface area contributed by atoms with Crippen molar-refractivity contribution in [2.24, 2.45) is 0 Å². The highest BCUT2D eigenvalue weighted by molar-refractivity contribution is 4.61. The first-order valence-electron chi connectivity index (χ1n) is 3.73. The molecule has 1 heteroatoms. The molecular formula is C8H18N+. The Morgan fingerprint density at radius 2 is 2.22 bits per heavy atom. The fourth-order valence-electron chi connectivity index (χ4n) is 0.827. The van der Waals surface area contributed by atoms with Gasteiger partial charge >= 0.3 is 0 Å². The standard InChI is InChI=1S/C8H17N/c1-4-6-8-9(3)7-5-2/h5H,2,4,6-8H2,1,3H3/p+1. The van der Waals surface area contributed by atoms with Crippen molar-refractivity contribution in [1.29, 1.82) is 0 Å². The van der Waals surface area contributed by atoms with Crippen molar-refractivity contribution in [3.05, 3.63) is 12.7 Å². The first-order chi connectivity index (χ1) is 4.31. The van der Waals surface area contributed by atoms with Crippen LogP contribution in [0.25, 0.3) is 0 Å². The second-order valence-corrected chi connectivity index (χ2v) is 2.55. The molecule has 0 radical (unpaired) electrons. The molecular weight excluding hydrogens is 110 g/mol. The Hall–Kier alpha value is -0.300. The maximum absolute atomic E-state index is 3.69. The van der Waals surface area contributed by atoms with Crippen LogP contribution in [-0.4, -0.2) is 20.1 Å². The molecule has 1 nitrogen and oxygen atoms in total. The van der Waals surface area contributed by atoms with Crippen LogP contribution < -0.4 is 4.90 Å². The zero-order valence-corrected chi connectivity index (χ0v) is 6.61. The number of rotatable bonds is 5. The van der Waals surface area contributed by atoms with E-state index in [1.54, 1.807) is 4.90 Å². The molecule has 9 heavy (non-hydrogen) atoms. The second-order valence-electron chi connectivity index (χ2n) is 2.55. The van der Waals surface area contributed by atoms with E-state index in [9.17, 15) is 0 Å². The van der Waals surface area contributed by atoms with E-state index in [1.165, 1.54) is 19.4 Å². The highest BCUT2D eigenvalue weighted by atomic mass is 15.1. The normalized spacial score (nSPS) is 13.1. The molecule has 0 heterocycles. The van der Waals surface area contributed by atoms with Gasteiger partial charge < -0.3 is 4.90 Å². The van der Waals surface area contributed by atoms with Crippen LogP contribution in [0.1, 0.15) is 19.8 Å². The van der Waals surface area contributed by atoms with E-state index in [2.05, 4.69) is 20.6 Å². The summed E-state index contributed by atoms with van der Waals surface area (Å²) >= 11 is 0. The Morgan fingerprint density at radius 1 is 1.56 bits per heavy atom. The summed E-state index contributed by atoms with van der Waals surface area (Å²) in [5.74, 6) is 0.